The molecule has 0 saturated heterocycles. The van der Waals surface area contributed by atoms with Crippen LogP contribution in [-0.4, -0.2) is 53.0 Å². The van der Waals surface area contributed by atoms with Gasteiger partial charge in [0, 0.05) is 18.5 Å². The van der Waals surface area contributed by atoms with E-state index in [2.05, 4.69) is 6.92 Å². The Kier molecular flexibility index (Phi) is 11.3. The molecule has 0 radical (unpaired) electrons. The van der Waals surface area contributed by atoms with Crippen LogP contribution < -0.4 is 0 Å². The van der Waals surface area contributed by atoms with Crippen LogP contribution in [0, 0.1) is 5.41 Å². The quantitative estimate of drug-likeness (QED) is 0.408. The molecular formula is C19H38N2O4. The van der Waals surface area contributed by atoms with Gasteiger partial charge in [-0.25, -0.2) is 9.59 Å². The fourth-order valence-electron chi connectivity index (χ4n) is 2.78. The Labute approximate surface area is 153 Å². The fraction of sp³-hybridized carbons (Fsp3) is 0.895. The summed E-state index contributed by atoms with van der Waals surface area (Å²) in [5.74, 6) is 0. The summed E-state index contributed by atoms with van der Waals surface area (Å²) in [6.07, 6.45) is 3.23. The van der Waals surface area contributed by atoms with Crippen molar-refractivity contribution in [2.24, 2.45) is 5.41 Å². The SMILES string of the molecule is CCCCOC(=O)N(CCCC)C(N(CCCC)C(=O)O)C(C)(C)C. The lowest BCUT2D eigenvalue weighted by Gasteiger charge is -2.45. The Morgan fingerprint density at radius 1 is 0.920 bits per heavy atom. The van der Waals surface area contributed by atoms with E-state index in [-0.39, 0.29) is 0 Å². The first-order chi connectivity index (χ1) is 11.7. The summed E-state index contributed by atoms with van der Waals surface area (Å²) in [6, 6.07) is 0. The molecule has 0 bridgehead atoms. The zero-order chi connectivity index (χ0) is 19.5. The molecule has 0 aliphatic rings. The second-order valence-electron chi connectivity index (χ2n) is 7.58. The van der Waals surface area contributed by atoms with Gasteiger partial charge < -0.3 is 9.84 Å². The third kappa shape index (κ3) is 8.45. The molecule has 2 amide bonds. The van der Waals surface area contributed by atoms with Crippen LogP contribution in [-0.2, 0) is 4.74 Å². The minimum Gasteiger partial charge on any atom is -0.465 e. The Morgan fingerprint density at radius 3 is 1.80 bits per heavy atom. The second-order valence-corrected chi connectivity index (χ2v) is 7.58. The summed E-state index contributed by atoms with van der Waals surface area (Å²) in [5, 5.41) is 9.75. The normalized spacial score (nSPS) is 12.6. The standard InChI is InChI=1S/C19H38N2O4/c1-7-10-13-20(17(22)23)16(19(4,5)6)21(14-11-8-2)18(24)25-15-12-9-3/h16H,7-15H2,1-6H3,(H,22,23). The maximum atomic E-state index is 12.7. The summed E-state index contributed by atoms with van der Waals surface area (Å²) in [6.45, 7) is 13.3. The topological polar surface area (TPSA) is 70.1 Å². The van der Waals surface area contributed by atoms with Gasteiger partial charge in [-0.05, 0) is 19.3 Å². The summed E-state index contributed by atoms with van der Waals surface area (Å²) in [4.78, 5) is 27.6. The molecule has 0 spiro atoms. The summed E-state index contributed by atoms with van der Waals surface area (Å²) in [7, 11) is 0. The van der Waals surface area contributed by atoms with Crippen LogP contribution in [0.2, 0.25) is 0 Å². The number of nitrogens with zero attached hydrogens (tertiary/aromatic N) is 2. The molecule has 0 fully saturated rings. The van der Waals surface area contributed by atoms with Crippen molar-refractivity contribution in [2.75, 3.05) is 19.7 Å². The van der Waals surface area contributed by atoms with E-state index in [4.69, 9.17) is 4.74 Å². The number of ether oxygens (including phenoxy) is 1. The number of hydrogen-bond donors (Lipinski definition) is 1. The van der Waals surface area contributed by atoms with Crippen molar-refractivity contribution in [1.29, 1.82) is 0 Å². The molecule has 25 heavy (non-hydrogen) atoms. The van der Waals surface area contributed by atoms with E-state index in [0.717, 1.165) is 38.5 Å². The average Bonchev–Trinajstić information content (AvgIpc) is 2.52. The molecule has 1 N–H and O–H groups in total. The fourth-order valence-corrected chi connectivity index (χ4v) is 2.78. The third-order valence-electron chi connectivity index (χ3n) is 4.07. The Balaban J connectivity index is 5.58. The predicted octanol–water partition coefficient (Wildman–Crippen LogP) is 5.18. The largest absolute Gasteiger partial charge is 0.465 e. The van der Waals surface area contributed by atoms with E-state index in [1.54, 1.807) is 4.90 Å². The molecule has 0 heterocycles. The van der Waals surface area contributed by atoms with Crippen molar-refractivity contribution in [2.45, 2.75) is 86.2 Å². The van der Waals surface area contributed by atoms with Crippen LogP contribution in [0.1, 0.15) is 80.1 Å². The van der Waals surface area contributed by atoms with Gasteiger partial charge in [-0.2, -0.15) is 0 Å². The van der Waals surface area contributed by atoms with Gasteiger partial charge in [0.15, 0.2) is 0 Å². The lowest BCUT2D eigenvalue weighted by atomic mass is 9.89. The molecule has 0 aromatic heterocycles. The lowest BCUT2D eigenvalue weighted by Crippen LogP contribution is -2.59. The minimum atomic E-state index is -0.990. The van der Waals surface area contributed by atoms with Gasteiger partial charge >= 0.3 is 12.2 Å². The maximum absolute atomic E-state index is 12.7. The molecule has 0 saturated carbocycles. The molecule has 6 heteroatoms. The van der Waals surface area contributed by atoms with E-state index in [0.29, 0.717) is 19.7 Å². The van der Waals surface area contributed by atoms with Crippen molar-refractivity contribution in [3.8, 4) is 0 Å². The number of carboxylic acid groups (broad SMARTS) is 1. The molecule has 0 aromatic carbocycles. The molecule has 0 rings (SSSR count). The zero-order valence-corrected chi connectivity index (χ0v) is 17.0. The van der Waals surface area contributed by atoms with Crippen LogP contribution in [0.15, 0.2) is 0 Å². The van der Waals surface area contributed by atoms with Crippen LogP contribution in [0.25, 0.3) is 0 Å². The van der Waals surface area contributed by atoms with Crippen LogP contribution >= 0.6 is 0 Å². The highest BCUT2D eigenvalue weighted by atomic mass is 16.6. The van der Waals surface area contributed by atoms with Gasteiger partial charge in [0.05, 0.1) is 6.61 Å². The molecule has 1 unspecified atom stereocenters. The number of hydrogen-bond acceptors (Lipinski definition) is 3. The summed E-state index contributed by atoms with van der Waals surface area (Å²) < 4.78 is 5.42. The number of rotatable bonds is 11. The average molecular weight is 359 g/mol. The summed E-state index contributed by atoms with van der Waals surface area (Å²) in [5.41, 5.74) is -0.413. The van der Waals surface area contributed by atoms with Gasteiger partial charge in [0.25, 0.3) is 0 Å². The van der Waals surface area contributed by atoms with E-state index < -0.39 is 23.8 Å². The number of carbonyl (C=O) groups excluding carboxylic acids is 1. The highest BCUT2D eigenvalue weighted by Crippen LogP contribution is 2.29. The Hall–Kier alpha value is -1.46. The maximum Gasteiger partial charge on any atom is 0.411 e. The molecule has 148 valence electrons. The molecule has 1 atom stereocenters. The monoisotopic (exact) mass is 358 g/mol. The minimum absolute atomic E-state index is 0.372. The van der Waals surface area contributed by atoms with E-state index >= 15 is 0 Å². The van der Waals surface area contributed by atoms with Crippen molar-refractivity contribution in [3.63, 3.8) is 0 Å². The van der Waals surface area contributed by atoms with Gasteiger partial charge in [-0.3, -0.25) is 9.80 Å². The Bertz CT molecular complexity index is 393. The molecule has 0 aliphatic carbocycles. The third-order valence-corrected chi connectivity index (χ3v) is 4.07. The van der Waals surface area contributed by atoms with Crippen molar-refractivity contribution in [3.05, 3.63) is 0 Å². The van der Waals surface area contributed by atoms with Gasteiger partial charge in [-0.15, -0.1) is 0 Å². The molecule has 6 nitrogen and oxygen atoms in total. The zero-order valence-electron chi connectivity index (χ0n) is 17.0. The van der Waals surface area contributed by atoms with Crippen LogP contribution in [0.5, 0.6) is 0 Å². The van der Waals surface area contributed by atoms with E-state index in [1.165, 1.54) is 4.90 Å². The van der Waals surface area contributed by atoms with Gasteiger partial charge in [0.2, 0.25) is 0 Å². The van der Waals surface area contributed by atoms with E-state index in [1.807, 2.05) is 34.6 Å². The molecular weight excluding hydrogens is 320 g/mol. The van der Waals surface area contributed by atoms with Crippen LogP contribution in [0.3, 0.4) is 0 Å². The van der Waals surface area contributed by atoms with Gasteiger partial charge in [-0.1, -0.05) is 60.8 Å². The summed E-state index contributed by atoms with van der Waals surface area (Å²) >= 11 is 0. The smallest absolute Gasteiger partial charge is 0.411 e. The van der Waals surface area contributed by atoms with Crippen molar-refractivity contribution < 1.29 is 19.4 Å². The van der Waals surface area contributed by atoms with Crippen molar-refractivity contribution >= 4 is 12.2 Å². The second kappa shape index (κ2) is 12.0. The number of amides is 2. The molecule has 0 aliphatic heterocycles. The highest BCUT2D eigenvalue weighted by molar-refractivity contribution is 5.70. The molecule has 0 aromatic rings. The van der Waals surface area contributed by atoms with Crippen molar-refractivity contribution in [1.82, 2.24) is 9.80 Å². The first-order valence-corrected chi connectivity index (χ1v) is 9.63. The Morgan fingerprint density at radius 2 is 1.40 bits per heavy atom. The number of carbonyl (C=O) groups is 2. The first kappa shape index (κ1) is 23.5. The van der Waals surface area contributed by atoms with E-state index in [9.17, 15) is 14.7 Å². The van der Waals surface area contributed by atoms with Crippen LogP contribution in [0.4, 0.5) is 9.59 Å². The number of unbranched alkanes of at least 4 members (excludes halogenated alkanes) is 3. The highest BCUT2D eigenvalue weighted by Gasteiger charge is 2.40. The lowest BCUT2D eigenvalue weighted by molar-refractivity contribution is -0.0207. The van der Waals surface area contributed by atoms with Gasteiger partial charge in [0.1, 0.15) is 6.17 Å². The first-order valence-electron chi connectivity index (χ1n) is 9.63. The predicted molar refractivity (Wildman–Crippen MR) is 101 cm³/mol.